The molecule has 1 fully saturated rings. The quantitative estimate of drug-likeness (QED) is 0.867. The van der Waals surface area contributed by atoms with E-state index in [0.717, 1.165) is 13.1 Å². The zero-order valence-corrected chi connectivity index (χ0v) is 11.4. The predicted octanol–water partition coefficient (Wildman–Crippen LogP) is 2.38. The van der Waals surface area contributed by atoms with Crippen molar-refractivity contribution in [2.45, 2.75) is 39.3 Å². The van der Waals surface area contributed by atoms with E-state index in [4.69, 9.17) is 5.26 Å². The minimum absolute atomic E-state index is 0.276. The first-order valence-electron chi connectivity index (χ1n) is 6.56. The molecule has 0 amide bonds. The Balaban J connectivity index is 2.24. The molecular weight excluding hydrogens is 222 g/mol. The lowest BCUT2D eigenvalue weighted by Gasteiger charge is -2.39. The van der Waals surface area contributed by atoms with Gasteiger partial charge in [0.25, 0.3) is 0 Å². The average molecular weight is 243 g/mol. The zero-order valence-electron chi connectivity index (χ0n) is 11.4. The summed E-state index contributed by atoms with van der Waals surface area (Å²) in [5.41, 5.74) is 3.98. The van der Waals surface area contributed by atoms with E-state index in [1.165, 1.54) is 16.8 Å². The van der Waals surface area contributed by atoms with Crippen LogP contribution in [0.3, 0.4) is 0 Å². The molecule has 2 unspecified atom stereocenters. The first-order chi connectivity index (χ1) is 8.61. The van der Waals surface area contributed by atoms with E-state index in [1.54, 1.807) is 0 Å². The third-order valence-electron chi connectivity index (χ3n) is 3.55. The Labute approximate surface area is 109 Å². The molecule has 3 heteroatoms. The van der Waals surface area contributed by atoms with Gasteiger partial charge in [0.2, 0.25) is 0 Å². The summed E-state index contributed by atoms with van der Waals surface area (Å²) in [5.74, 6) is 0. The fourth-order valence-electron chi connectivity index (χ4n) is 2.90. The van der Waals surface area contributed by atoms with E-state index in [2.05, 4.69) is 55.3 Å². The minimum atomic E-state index is 0.276. The molecule has 0 spiro atoms. The second-order valence-corrected chi connectivity index (χ2v) is 5.27. The number of nitrogens with zero attached hydrogens (tertiary/aromatic N) is 2. The Hall–Kier alpha value is -1.53. The van der Waals surface area contributed by atoms with Crippen molar-refractivity contribution in [3.63, 3.8) is 0 Å². The van der Waals surface area contributed by atoms with Crippen molar-refractivity contribution in [3.8, 4) is 6.07 Å². The highest BCUT2D eigenvalue weighted by Gasteiger charge is 2.25. The zero-order chi connectivity index (χ0) is 13.1. The first kappa shape index (κ1) is 12.9. The van der Waals surface area contributed by atoms with E-state index >= 15 is 0 Å². The summed E-state index contributed by atoms with van der Waals surface area (Å²) in [6.45, 7) is 8.43. The Morgan fingerprint density at radius 1 is 1.33 bits per heavy atom. The molecule has 2 atom stereocenters. The number of rotatable bonds is 2. The highest BCUT2D eigenvalue weighted by molar-refractivity contribution is 5.59. The number of aryl methyl sites for hydroxylation is 2. The van der Waals surface area contributed by atoms with Crippen LogP contribution in [0.1, 0.15) is 24.5 Å². The number of hydrogen-bond acceptors (Lipinski definition) is 3. The van der Waals surface area contributed by atoms with Crippen molar-refractivity contribution in [3.05, 3.63) is 29.3 Å². The van der Waals surface area contributed by atoms with Crippen LogP contribution in [0, 0.1) is 25.2 Å². The van der Waals surface area contributed by atoms with Gasteiger partial charge < -0.3 is 10.2 Å². The van der Waals surface area contributed by atoms with Crippen LogP contribution in [0.25, 0.3) is 0 Å². The Kier molecular flexibility index (Phi) is 3.88. The second-order valence-electron chi connectivity index (χ2n) is 5.27. The third kappa shape index (κ3) is 2.65. The molecule has 1 saturated heterocycles. The molecule has 96 valence electrons. The van der Waals surface area contributed by atoms with E-state index < -0.39 is 0 Å². The molecule has 0 aromatic heterocycles. The summed E-state index contributed by atoms with van der Waals surface area (Å²) in [4.78, 5) is 2.42. The Bertz CT molecular complexity index is 441. The van der Waals surface area contributed by atoms with E-state index in [9.17, 15) is 0 Å². The molecule has 18 heavy (non-hydrogen) atoms. The summed E-state index contributed by atoms with van der Waals surface area (Å²) in [5, 5.41) is 12.4. The van der Waals surface area contributed by atoms with Crippen molar-refractivity contribution in [2.24, 2.45) is 0 Å². The van der Waals surface area contributed by atoms with Crippen LogP contribution >= 0.6 is 0 Å². The largest absolute Gasteiger partial charge is 0.368 e. The number of piperazine rings is 1. The molecule has 2 rings (SSSR count). The molecule has 0 saturated carbocycles. The topological polar surface area (TPSA) is 39.1 Å². The summed E-state index contributed by atoms with van der Waals surface area (Å²) < 4.78 is 0. The summed E-state index contributed by atoms with van der Waals surface area (Å²) in [6.07, 6.45) is 0.575. The molecule has 0 bridgehead atoms. The summed E-state index contributed by atoms with van der Waals surface area (Å²) >= 11 is 0. The first-order valence-corrected chi connectivity index (χ1v) is 6.56. The third-order valence-corrected chi connectivity index (χ3v) is 3.55. The van der Waals surface area contributed by atoms with Gasteiger partial charge in [-0.25, -0.2) is 0 Å². The van der Waals surface area contributed by atoms with Crippen molar-refractivity contribution in [2.75, 3.05) is 18.0 Å². The van der Waals surface area contributed by atoms with Crippen LogP contribution in [0.4, 0.5) is 5.69 Å². The normalized spacial score (nSPS) is 23.8. The van der Waals surface area contributed by atoms with Gasteiger partial charge in [-0.3, -0.25) is 0 Å². The Morgan fingerprint density at radius 2 is 2.00 bits per heavy atom. The molecule has 3 nitrogen and oxygen atoms in total. The van der Waals surface area contributed by atoms with E-state index in [-0.39, 0.29) is 6.04 Å². The van der Waals surface area contributed by atoms with Gasteiger partial charge >= 0.3 is 0 Å². The van der Waals surface area contributed by atoms with E-state index in [0.29, 0.717) is 12.5 Å². The van der Waals surface area contributed by atoms with Gasteiger partial charge in [0.15, 0.2) is 0 Å². The van der Waals surface area contributed by atoms with Gasteiger partial charge in [0.05, 0.1) is 12.5 Å². The average Bonchev–Trinajstić information content (AvgIpc) is 2.28. The van der Waals surface area contributed by atoms with Crippen molar-refractivity contribution in [1.82, 2.24) is 5.32 Å². The minimum Gasteiger partial charge on any atom is -0.368 e. The highest BCUT2D eigenvalue weighted by atomic mass is 15.2. The lowest BCUT2D eigenvalue weighted by Crippen LogP contribution is -2.55. The Morgan fingerprint density at radius 3 is 2.61 bits per heavy atom. The smallest absolute Gasteiger partial charge is 0.0638 e. The van der Waals surface area contributed by atoms with Gasteiger partial charge in [-0.05, 0) is 31.9 Å². The van der Waals surface area contributed by atoms with Crippen LogP contribution in [0.2, 0.25) is 0 Å². The molecular formula is C15H21N3. The maximum Gasteiger partial charge on any atom is 0.0638 e. The number of nitriles is 1. The van der Waals surface area contributed by atoms with Crippen LogP contribution in [0.5, 0.6) is 0 Å². The lowest BCUT2D eigenvalue weighted by molar-refractivity contribution is 0.390. The molecule has 1 aliphatic rings. The summed E-state index contributed by atoms with van der Waals surface area (Å²) in [6, 6.07) is 9.40. The summed E-state index contributed by atoms with van der Waals surface area (Å²) in [7, 11) is 0. The standard InChI is InChI=1S/C15H21N3/c1-11-5-4-6-12(2)15(11)18-9-13(3)17-14(10-18)7-8-16/h4-6,13-14,17H,7,9-10H2,1-3H3. The molecule has 1 aliphatic heterocycles. The number of hydrogen-bond donors (Lipinski definition) is 1. The molecule has 1 aromatic carbocycles. The van der Waals surface area contributed by atoms with Gasteiger partial charge in [-0.2, -0.15) is 5.26 Å². The van der Waals surface area contributed by atoms with E-state index in [1.807, 2.05) is 0 Å². The second kappa shape index (κ2) is 5.41. The number of anilines is 1. The maximum absolute atomic E-state index is 8.86. The number of para-hydroxylation sites is 1. The molecule has 1 aromatic rings. The SMILES string of the molecule is Cc1cccc(C)c1N1CC(C)NC(CC#N)C1. The molecule has 0 radical (unpaired) electrons. The van der Waals surface area contributed by atoms with Crippen molar-refractivity contribution < 1.29 is 0 Å². The maximum atomic E-state index is 8.86. The van der Waals surface area contributed by atoms with Crippen LogP contribution in [-0.4, -0.2) is 25.2 Å². The van der Waals surface area contributed by atoms with Gasteiger partial charge in [0.1, 0.15) is 0 Å². The van der Waals surface area contributed by atoms with Crippen LogP contribution < -0.4 is 10.2 Å². The fraction of sp³-hybridized carbons (Fsp3) is 0.533. The molecule has 0 aliphatic carbocycles. The van der Waals surface area contributed by atoms with Gasteiger partial charge in [0, 0.05) is 30.9 Å². The molecule has 1 heterocycles. The van der Waals surface area contributed by atoms with Crippen LogP contribution in [0.15, 0.2) is 18.2 Å². The highest BCUT2D eigenvalue weighted by Crippen LogP contribution is 2.26. The van der Waals surface area contributed by atoms with Crippen molar-refractivity contribution >= 4 is 5.69 Å². The lowest BCUT2D eigenvalue weighted by atomic mass is 10.0. The monoisotopic (exact) mass is 243 g/mol. The van der Waals surface area contributed by atoms with Gasteiger partial charge in [-0.1, -0.05) is 18.2 Å². The van der Waals surface area contributed by atoms with Crippen LogP contribution in [-0.2, 0) is 0 Å². The van der Waals surface area contributed by atoms with Crippen molar-refractivity contribution in [1.29, 1.82) is 5.26 Å². The van der Waals surface area contributed by atoms with Gasteiger partial charge in [-0.15, -0.1) is 0 Å². The number of nitrogens with one attached hydrogen (secondary N) is 1. The predicted molar refractivity (Wildman–Crippen MR) is 74.7 cm³/mol. The fourth-order valence-corrected chi connectivity index (χ4v) is 2.90. The molecule has 1 N–H and O–H groups in total. The number of benzene rings is 1.